The van der Waals surface area contributed by atoms with E-state index in [1.807, 2.05) is 38.1 Å². The summed E-state index contributed by atoms with van der Waals surface area (Å²) in [6, 6.07) is 15.2. The van der Waals surface area contributed by atoms with E-state index < -0.39 is 0 Å². The molecule has 1 saturated heterocycles. The molecule has 1 saturated carbocycles. The highest BCUT2D eigenvalue weighted by Crippen LogP contribution is 2.36. The van der Waals surface area contributed by atoms with Crippen molar-refractivity contribution >= 4 is 33.9 Å². The fraction of sp³-hybridized carbons (Fsp3) is 0.367. The summed E-state index contributed by atoms with van der Waals surface area (Å²) in [4.78, 5) is 27.6. The van der Waals surface area contributed by atoms with Gasteiger partial charge in [-0.2, -0.15) is 0 Å². The molecule has 6 rings (SSSR count). The number of fused-ring (bicyclic) bond motifs is 1. The van der Waals surface area contributed by atoms with E-state index in [0.29, 0.717) is 22.9 Å². The molecule has 4 aromatic rings. The van der Waals surface area contributed by atoms with Gasteiger partial charge in [-0.05, 0) is 124 Å². The van der Waals surface area contributed by atoms with Gasteiger partial charge in [0, 0.05) is 23.6 Å². The minimum atomic E-state index is -0.167. The molecule has 0 bridgehead atoms. The maximum absolute atomic E-state index is 12.8. The Morgan fingerprint density at radius 1 is 0.892 bits per heavy atom. The maximum atomic E-state index is 12.8. The summed E-state index contributed by atoms with van der Waals surface area (Å²) in [5.41, 5.74) is 5.54. The van der Waals surface area contributed by atoms with Crippen LogP contribution in [0.2, 0.25) is 0 Å². The summed E-state index contributed by atoms with van der Waals surface area (Å²) >= 11 is 0. The van der Waals surface area contributed by atoms with Crippen LogP contribution in [0.25, 0.3) is 10.8 Å². The lowest BCUT2D eigenvalue weighted by atomic mass is 9.86. The number of hydrogen-bond acceptors (Lipinski definition) is 6. The lowest BCUT2D eigenvalue weighted by molar-refractivity contribution is 0.203. The Hall–Kier alpha value is -3.71. The van der Waals surface area contributed by atoms with Crippen LogP contribution in [0, 0.1) is 20.8 Å². The average molecular weight is 495 g/mol. The van der Waals surface area contributed by atoms with Gasteiger partial charge < -0.3 is 20.5 Å². The van der Waals surface area contributed by atoms with Crippen LogP contribution in [-0.4, -0.2) is 39.0 Å². The van der Waals surface area contributed by atoms with Gasteiger partial charge in [0.25, 0.3) is 5.56 Å². The zero-order chi connectivity index (χ0) is 25.5. The number of nitrogens with one attached hydrogen (secondary N) is 3. The summed E-state index contributed by atoms with van der Waals surface area (Å²) in [7, 11) is 0. The highest BCUT2D eigenvalue weighted by molar-refractivity contribution is 5.94. The highest BCUT2D eigenvalue weighted by Gasteiger charge is 2.32. The Bertz CT molecular complexity index is 1490. The van der Waals surface area contributed by atoms with Crippen molar-refractivity contribution in [2.75, 3.05) is 23.7 Å². The van der Waals surface area contributed by atoms with E-state index in [1.54, 1.807) is 6.20 Å². The molecule has 2 fully saturated rings. The molecule has 3 N–H and O–H groups in total. The van der Waals surface area contributed by atoms with Gasteiger partial charge in [0.1, 0.15) is 17.5 Å². The van der Waals surface area contributed by atoms with Crippen LogP contribution in [0.5, 0.6) is 0 Å². The van der Waals surface area contributed by atoms with Crippen molar-refractivity contribution in [3.05, 3.63) is 81.4 Å². The number of hydrogen-bond donors (Lipinski definition) is 3. The van der Waals surface area contributed by atoms with Gasteiger partial charge in [0.15, 0.2) is 0 Å². The standard InChI is InChI=1S/C30H34N6O/c1-18-14-20(3)32-26(15-18)34-27-17-22-8-11-31-30(37)28(22)29(35-27)33-23-4-7-25(19(2)16-23)21-9-12-36(13-10-21)24-5-6-24/h4,7-8,11,14-17,21,24H,5-6,9-10,12-13H2,1-3H3,(H,31,37)(H2,32,33,34,35). The van der Waals surface area contributed by atoms with Crippen LogP contribution in [0.3, 0.4) is 0 Å². The number of aromatic nitrogens is 3. The molecule has 0 atom stereocenters. The monoisotopic (exact) mass is 494 g/mol. The molecule has 1 aliphatic heterocycles. The van der Waals surface area contributed by atoms with Crippen molar-refractivity contribution in [3.8, 4) is 0 Å². The zero-order valence-electron chi connectivity index (χ0n) is 21.8. The second kappa shape index (κ2) is 9.63. The molecule has 0 radical (unpaired) electrons. The van der Waals surface area contributed by atoms with E-state index in [0.717, 1.165) is 34.2 Å². The van der Waals surface area contributed by atoms with E-state index in [1.165, 1.54) is 49.9 Å². The fourth-order valence-corrected chi connectivity index (χ4v) is 5.77. The first-order valence-electron chi connectivity index (χ1n) is 13.3. The molecule has 1 aliphatic carbocycles. The lowest BCUT2D eigenvalue weighted by Gasteiger charge is -2.33. The number of benzene rings is 1. The SMILES string of the molecule is Cc1cc(C)nc(Nc2cc3cc[nH]c(=O)c3c(Nc3ccc(C4CCN(C5CC5)CC4)c(C)c3)n2)c1. The number of H-pyrrole nitrogens is 1. The van der Waals surface area contributed by atoms with Gasteiger partial charge >= 0.3 is 0 Å². The van der Waals surface area contributed by atoms with Crippen LogP contribution in [-0.2, 0) is 0 Å². The number of piperidine rings is 1. The van der Waals surface area contributed by atoms with Crippen molar-refractivity contribution in [2.24, 2.45) is 0 Å². The number of aryl methyl sites for hydroxylation is 3. The molecule has 0 amide bonds. The molecule has 4 heterocycles. The van der Waals surface area contributed by atoms with Gasteiger partial charge in [-0.15, -0.1) is 0 Å². The van der Waals surface area contributed by atoms with Crippen LogP contribution >= 0.6 is 0 Å². The molecule has 3 aromatic heterocycles. The lowest BCUT2D eigenvalue weighted by Crippen LogP contribution is -2.34. The first-order chi connectivity index (χ1) is 17.9. The number of aromatic amines is 1. The fourth-order valence-electron chi connectivity index (χ4n) is 5.77. The molecular weight excluding hydrogens is 460 g/mol. The van der Waals surface area contributed by atoms with Crippen molar-refractivity contribution < 1.29 is 0 Å². The second-order valence-electron chi connectivity index (χ2n) is 10.7. The summed E-state index contributed by atoms with van der Waals surface area (Å²) in [5.74, 6) is 2.50. The van der Waals surface area contributed by atoms with Crippen molar-refractivity contribution in [1.29, 1.82) is 0 Å². The Kier molecular flexibility index (Phi) is 6.16. The minimum absolute atomic E-state index is 0.167. The highest BCUT2D eigenvalue weighted by atomic mass is 16.1. The summed E-state index contributed by atoms with van der Waals surface area (Å²) in [5, 5.41) is 8.11. The van der Waals surface area contributed by atoms with E-state index >= 15 is 0 Å². The summed E-state index contributed by atoms with van der Waals surface area (Å²) in [6.45, 7) is 8.63. The van der Waals surface area contributed by atoms with Crippen LogP contribution < -0.4 is 16.2 Å². The van der Waals surface area contributed by atoms with E-state index in [9.17, 15) is 4.79 Å². The molecule has 2 aliphatic rings. The topological polar surface area (TPSA) is 85.9 Å². The van der Waals surface area contributed by atoms with Crippen LogP contribution in [0.1, 0.15) is 54.0 Å². The molecule has 190 valence electrons. The maximum Gasteiger partial charge on any atom is 0.259 e. The molecule has 0 unspecified atom stereocenters. The van der Waals surface area contributed by atoms with E-state index in [4.69, 9.17) is 4.98 Å². The number of anilines is 4. The number of nitrogens with zero attached hydrogens (tertiary/aromatic N) is 3. The minimum Gasteiger partial charge on any atom is -0.339 e. The predicted octanol–water partition coefficient (Wildman–Crippen LogP) is 6.07. The first-order valence-corrected chi connectivity index (χ1v) is 13.3. The van der Waals surface area contributed by atoms with Crippen LogP contribution in [0.15, 0.2) is 53.5 Å². The Balaban J connectivity index is 1.28. The third-order valence-electron chi connectivity index (χ3n) is 7.67. The molecular formula is C30H34N6O. The van der Waals surface area contributed by atoms with Gasteiger partial charge in [0.05, 0.1) is 5.39 Å². The van der Waals surface area contributed by atoms with E-state index in [2.05, 4.69) is 50.6 Å². The Morgan fingerprint density at radius 3 is 2.41 bits per heavy atom. The Labute approximate surface area is 217 Å². The predicted molar refractivity (Wildman–Crippen MR) is 150 cm³/mol. The Morgan fingerprint density at radius 2 is 1.68 bits per heavy atom. The van der Waals surface area contributed by atoms with Gasteiger partial charge in [-0.1, -0.05) is 6.07 Å². The third kappa shape index (κ3) is 5.09. The summed E-state index contributed by atoms with van der Waals surface area (Å²) < 4.78 is 0. The van der Waals surface area contributed by atoms with Gasteiger partial charge in [-0.25, -0.2) is 9.97 Å². The number of likely N-dealkylation sites (tertiary alicyclic amines) is 1. The zero-order valence-corrected chi connectivity index (χ0v) is 21.8. The first kappa shape index (κ1) is 23.7. The molecule has 7 heteroatoms. The molecule has 37 heavy (non-hydrogen) atoms. The second-order valence-corrected chi connectivity index (χ2v) is 10.7. The number of rotatable bonds is 6. The normalized spacial score (nSPS) is 16.7. The molecule has 1 aromatic carbocycles. The van der Waals surface area contributed by atoms with Crippen molar-refractivity contribution in [2.45, 2.75) is 58.4 Å². The smallest absolute Gasteiger partial charge is 0.259 e. The van der Waals surface area contributed by atoms with Crippen molar-refractivity contribution in [1.82, 2.24) is 19.9 Å². The average Bonchev–Trinajstić information content (AvgIpc) is 3.69. The number of pyridine rings is 3. The van der Waals surface area contributed by atoms with Crippen molar-refractivity contribution in [3.63, 3.8) is 0 Å². The largest absolute Gasteiger partial charge is 0.339 e. The van der Waals surface area contributed by atoms with Gasteiger partial charge in [-0.3, -0.25) is 4.79 Å². The third-order valence-corrected chi connectivity index (χ3v) is 7.67. The van der Waals surface area contributed by atoms with E-state index in [-0.39, 0.29) is 5.56 Å². The molecule has 0 spiro atoms. The summed E-state index contributed by atoms with van der Waals surface area (Å²) in [6.07, 6.45) is 6.89. The van der Waals surface area contributed by atoms with Crippen LogP contribution in [0.4, 0.5) is 23.1 Å². The molecule has 7 nitrogen and oxygen atoms in total. The quantitative estimate of drug-likeness (QED) is 0.302. The van der Waals surface area contributed by atoms with Gasteiger partial charge in [0.2, 0.25) is 0 Å².